The minimum Gasteiger partial charge on any atom is -0.469 e. The molecule has 150 valence electrons. The van der Waals surface area contributed by atoms with E-state index in [1.807, 2.05) is 30.3 Å². The summed E-state index contributed by atoms with van der Waals surface area (Å²) in [6.07, 6.45) is 1.38. The molecule has 0 saturated heterocycles. The molecule has 0 fully saturated rings. The van der Waals surface area contributed by atoms with Crippen molar-refractivity contribution in [2.24, 2.45) is 0 Å². The Balaban J connectivity index is 2.60. The quantitative estimate of drug-likeness (QED) is 0.507. The summed E-state index contributed by atoms with van der Waals surface area (Å²) in [4.78, 5) is 35.5. The van der Waals surface area contributed by atoms with Crippen molar-refractivity contribution in [3.8, 4) is 0 Å². The van der Waals surface area contributed by atoms with E-state index < -0.39 is 23.6 Å². The van der Waals surface area contributed by atoms with E-state index in [-0.39, 0.29) is 5.97 Å². The number of methoxy groups -OCH3 is 1. The summed E-state index contributed by atoms with van der Waals surface area (Å²) < 4.78 is 9.74. The van der Waals surface area contributed by atoms with Crippen LogP contribution in [-0.2, 0) is 25.5 Å². The van der Waals surface area contributed by atoms with Crippen LogP contribution in [0.25, 0.3) is 0 Å². The molecular weight excluding hydrogens is 348 g/mol. The highest BCUT2D eigenvalue weighted by Gasteiger charge is 2.23. The topological polar surface area (TPSA) is 93.7 Å². The van der Waals surface area contributed by atoms with Gasteiger partial charge in [-0.2, -0.15) is 0 Å². The molecular formula is C20H30N2O5. The third-order valence-corrected chi connectivity index (χ3v) is 3.65. The second-order valence-electron chi connectivity index (χ2n) is 7.22. The zero-order valence-electron chi connectivity index (χ0n) is 16.5. The van der Waals surface area contributed by atoms with Crippen LogP contribution >= 0.6 is 0 Å². The summed E-state index contributed by atoms with van der Waals surface area (Å²) >= 11 is 0. The van der Waals surface area contributed by atoms with Gasteiger partial charge in [0, 0.05) is 6.42 Å². The number of benzene rings is 1. The van der Waals surface area contributed by atoms with E-state index in [0.717, 1.165) is 5.56 Å². The van der Waals surface area contributed by atoms with Gasteiger partial charge in [0.1, 0.15) is 5.60 Å². The van der Waals surface area contributed by atoms with Gasteiger partial charge in [0.15, 0.2) is 0 Å². The van der Waals surface area contributed by atoms with E-state index in [9.17, 15) is 14.4 Å². The monoisotopic (exact) mass is 378 g/mol. The molecule has 0 aliphatic carbocycles. The van der Waals surface area contributed by atoms with Crippen molar-refractivity contribution in [2.75, 3.05) is 13.7 Å². The number of amides is 2. The van der Waals surface area contributed by atoms with E-state index in [1.165, 1.54) is 7.11 Å². The standard InChI is InChI=1S/C20H30N2O5/c1-20(2,3)27-19(25)22-18(24)16(14-15-10-6-5-7-11-15)21-13-9-8-12-17(23)26-4/h5-7,10-11,16,21H,8-9,12-14H2,1-4H3,(H,22,24,25)/t16-/m0/s1. The smallest absolute Gasteiger partial charge is 0.414 e. The van der Waals surface area contributed by atoms with Gasteiger partial charge in [0.2, 0.25) is 5.91 Å². The van der Waals surface area contributed by atoms with Crippen LogP contribution in [0.2, 0.25) is 0 Å². The molecule has 1 atom stereocenters. The molecule has 2 N–H and O–H groups in total. The summed E-state index contributed by atoms with van der Waals surface area (Å²) in [5.74, 6) is -0.695. The first-order valence-corrected chi connectivity index (χ1v) is 9.09. The minimum absolute atomic E-state index is 0.251. The van der Waals surface area contributed by atoms with Gasteiger partial charge in [-0.1, -0.05) is 30.3 Å². The van der Waals surface area contributed by atoms with Gasteiger partial charge in [-0.15, -0.1) is 0 Å². The molecule has 0 aliphatic rings. The number of alkyl carbamates (subject to hydrolysis) is 1. The molecule has 7 heteroatoms. The van der Waals surface area contributed by atoms with Crippen LogP contribution in [-0.4, -0.2) is 43.3 Å². The average Bonchev–Trinajstić information content (AvgIpc) is 2.59. The lowest BCUT2D eigenvalue weighted by Gasteiger charge is -2.22. The van der Waals surface area contributed by atoms with E-state index >= 15 is 0 Å². The highest BCUT2D eigenvalue weighted by molar-refractivity contribution is 5.95. The molecule has 1 rings (SSSR count). The fourth-order valence-electron chi connectivity index (χ4n) is 2.37. The first kappa shape index (κ1) is 22.6. The molecule has 0 radical (unpaired) electrons. The molecule has 0 aromatic heterocycles. The van der Waals surface area contributed by atoms with E-state index in [1.54, 1.807) is 20.8 Å². The zero-order valence-corrected chi connectivity index (χ0v) is 16.5. The van der Waals surface area contributed by atoms with Gasteiger partial charge in [-0.3, -0.25) is 14.9 Å². The molecule has 7 nitrogen and oxygen atoms in total. The Morgan fingerprint density at radius 1 is 1.07 bits per heavy atom. The summed E-state index contributed by atoms with van der Waals surface area (Å²) in [5.41, 5.74) is 0.296. The summed E-state index contributed by atoms with van der Waals surface area (Å²) in [7, 11) is 1.36. The highest BCUT2D eigenvalue weighted by atomic mass is 16.6. The summed E-state index contributed by atoms with van der Waals surface area (Å²) in [6, 6.07) is 8.96. The van der Waals surface area contributed by atoms with Crippen LogP contribution in [0.3, 0.4) is 0 Å². The van der Waals surface area contributed by atoms with Gasteiger partial charge in [0.25, 0.3) is 0 Å². The zero-order chi connectivity index (χ0) is 20.3. The number of hydrogen-bond donors (Lipinski definition) is 2. The number of nitrogens with one attached hydrogen (secondary N) is 2. The van der Waals surface area contributed by atoms with Crippen LogP contribution in [0.15, 0.2) is 30.3 Å². The van der Waals surface area contributed by atoms with Crippen molar-refractivity contribution in [3.63, 3.8) is 0 Å². The van der Waals surface area contributed by atoms with Gasteiger partial charge in [-0.25, -0.2) is 4.79 Å². The molecule has 0 unspecified atom stereocenters. The van der Waals surface area contributed by atoms with Crippen LogP contribution in [0, 0.1) is 0 Å². The lowest BCUT2D eigenvalue weighted by molar-refractivity contribution is -0.140. The van der Waals surface area contributed by atoms with Crippen molar-refractivity contribution in [3.05, 3.63) is 35.9 Å². The third-order valence-electron chi connectivity index (χ3n) is 3.65. The maximum Gasteiger partial charge on any atom is 0.414 e. The Labute approximate surface area is 160 Å². The van der Waals surface area contributed by atoms with Crippen molar-refractivity contribution >= 4 is 18.0 Å². The Bertz CT molecular complexity index is 611. The molecule has 0 bridgehead atoms. The first-order valence-electron chi connectivity index (χ1n) is 9.09. The van der Waals surface area contributed by atoms with E-state index in [0.29, 0.717) is 32.2 Å². The number of carbonyl (C=O) groups is 3. The average molecular weight is 378 g/mol. The van der Waals surface area contributed by atoms with Crippen LogP contribution in [0.5, 0.6) is 0 Å². The number of esters is 1. The third kappa shape index (κ3) is 10.4. The van der Waals surface area contributed by atoms with E-state index in [2.05, 4.69) is 15.4 Å². The Kier molecular flexibility index (Phi) is 9.50. The van der Waals surface area contributed by atoms with Crippen molar-refractivity contribution in [1.82, 2.24) is 10.6 Å². The maximum atomic E-state index is 12.5. The van der Waals surface area contributed by atoms with Crippen molar-refractivity contribution in [1.29, 1.82) is 0 Å². The molecule has 0 heterocycles. The number of hydrogen-bond acceptors (Lipinski definition) is 6. The molecule has 0 spiro atoms. The minimum atomic E-state index is -0.766. The van der Waals surface area contributed by atoms with Crippen LogP contribution in [0.4, 0.5) is 4.79 Å². The highest BCUT2D eigenvalue weighted by Crippen LogP contribution is 2.08. The molecule has 0 aliphatic heterocycles. The molecule has 2 amide bonds. The lowest BCUT2D eigenvalue weighted by Crippen LogP contribution is -2.49. The molecule has 27 heavy (non-hydrogen) atoms. The normalized spacial score (nSPS) is 12.1. The Morgan fingerprint density at radius 2 is 1.74 bits per heavy atom. The SMILES string of the molecule is COC(=O)CCCCN[C@@H](Cc1ccccc1)C(=O)NC(=O)OC(C)(C)C. The molecule has 1 aromatic carbocycles. The second-order valence-corrected chi connectivity index (χ2v) is 7.22. The first-order chi connectivity index (χ1) is 12.7. The predicted octanol–water partition coefficient (Wildman–Crippen LogP) is 2.58. The Morgan fingerprint density at radius 3 is 2.33 bits per heavy atom. The number of rotatable bonds is 9. The summed E-state index contributed by atoms with van der Waals surface area (Å²) in [5, 5.41) is 5.44. The van der Waals surface area contributed by atoms with Crippen molar-refractivity contribution < 1.29 is 23.9 Å². The fourth-order valence-corrected chi connectivity index (χ4v) is 2.37. The van der Waals surface area contributed by atoms with Gasteiger partial charge in [0.05, 0.1) is 13.2 Å². The van der Waals surface area contributed by atoms with Crippen LogP contribution < -0.4 is 10.6 Å². The summed E-state index contributed by atoms with van der Waals surface area (Å²) in [6.45, 7) is 5.74. The number of ether oxygens (including phenoxy) is 2. The van der Waals surface area contributed by atoms with Gasteiger partial charge < -0.3 is 14.8 Å². The van der Waals surface area contributed by atoms with E-state index in [4.69, 9.17) is 4.74 Å². The van der Waals surface area contributed by atoms with Crippen LogP contribution in [0.1, 0.15) is 45.6 Å². The number of imide groups is 1. The van der Waals surface area contributed by atoms with Crippen molar-refractivity contribution in [2.45, 2.75) is 58.1 Å². The maximum absolute atomic E-state index is 12.5. The molecule has 1 aromatic rings. The lowest BCUT2D eigenvalue weighted by atomic mass is 10.0. The largest absolute Gasteiger partial charge is 0.469 e. The molecule has 0 saturated carbocycles. The Hall–Kier alpha value is -2.41. The second kappa shape index (κ2) is 11.3. The predicted molar refractivity (Wildman–Crippen MR) is 102 cm³/mol. The number of carbonyl (C=O) groups excluding carboxylic acids is 3. The number of unbranched alkanes of at least 4 members (excludes halogenated alkanes) is 1. The van der Waals surface area contributed by atoms with Gasteiger partial charge >= 0.3 is 12.1 Å². The fraction of sp³-hybridized carbons (Fsp3) is 0.550. The van der Waals surface area contributed by atoms with Gasteiger partial charge in [-0.05, 0) is 52.1 Å².